The standard InChI is InChI=1S/C16H19NO3S/c1-10(16(19)20)17(12-6-7-12)15(18)14-13-5-3-2-4-11(13)8-9-21-14/h2-5,10,12,14H,6-9H2,1H3,(H,19,20). The predicted octanol–water partition coefficient (Wildman–Crippen LogP) is 2.48. The Hall–Kier alpha value is -1.49. The smallest absolute Gasteiger partial charge is 0.326 e. The Kier molecular flexibility index (Phi) is 3.93. The van der Waals surface area contributed by atoms with Gasteiger partial charge in [-0.1, -0.05) is 24.3 Å². The normalized spacial score (nSPS) is 22.2. The van der Waals surface area contributed by atoms with Gasteiger partial charge in [-0.2, -0.15) is 0 Å². The second-order valence-electron chi connectivity index (χ2n) is 5.69. The fourth-order valence-corrected chi connectivity index (χ4v) is 4.14. The van der Waals surface area contributed by atoms with E-state index in [2.05, 4.69) is 6.07 Å². The van der Waals surface area contributed by atoms with Crippen LogP contribution in [0.2, 0.25) is 0 Å². The molecule has 5 heteroatoms. The predicted molar refractivity (Wildman–Crippen MR) is 82.3 cm³/mol. The summed E-state index contributed by atoms with van der Waals surface area (Å²) in [6.07, 6.45) is 2.81. The molecule has 1 heterocycles. The van der Waals surface area contributed by atoms with Gasteiger partial charge in [-0.15, -0.1) is 11.8 Å². The minimum absolute atomic E-state index is 0.0375. The highest BCUT2D eigenvalue weighted by molar-refractivity contribution is 8.00. The zero-order chi connectivity index (χ0) is 15.0. The molecule has 2 unspecified atom stereocenters. The molecule has 2 atom stereocenters. The molecule has 21 heavy (non-hydrogen) atoms. The van der Waals surface area contributed by atoms with Crippen LogP contribution in [0.1, 0.15) is 36.1 Å². The third-order valence-corrected chi connectivity index (χ3v) is 5.42. The lowest BCUT2D eigenvalue weighted by atomic mass is 10.0. The van der Waals surface area contributed by atoms with Crippen LogP contribution >= 0.6 is 11.8 Å². The number of carbonyl (C=O) groups is 2. The van der Waals surface area contributed by atoms with E-state index in [1.807, 2.05) is 18.2 Å². The minimum atomic E-state index is -0.927. The van der Waals surface area contributed by atoms with Crippen molar-refractivity contribution in [3.05, 3.63) is 35.4 Å². The highest BCUT2D eigenvalue weighted by atomic mass is 32.2. The Morgan fingerprint density at radius 1 is 1.33 bits per heavy atom. The van der Waals surface area contributed by atoms with Crippen LogP contribution in [0, 0.1) is 0 Å². The van der Waals surface area contributed by atoms with Crippen LogP contribution in [-0.2, 0) is 16.0 Å². The lowest BCUT2D eigenvalue weighted by molar-refractivity contribution is -0.149. The van der Waals surface area contributed by atoms with Gasteiger partial charge in [0.2, 0.25) is 5.91 Å². The van der Waals surface area contributed by atoms with Crippen LogP contribution < -0.4 is 0 Å². The number of aryl methyl sites for hydroxylation is 1. The summed E-state index contributed by atoms with van der Waals surface area (Å²) in [7, 11) is 0. The maximum atomic E-state index is 12.9. The van der Waals surface area contributed by atoms with Crippen molar-refractivity contribution in [2.75, 3.05) is 5.75 Å². The Morgan fingerprint density at radius 2 is 2.05 bits per heavy atom. The zero-order valence-electron chi connectivity index (χ0n) is 12.0. The molecule has 1 aliphatic carbocycles. The Bertz CT molecular complexity index is 570. The van der Waals surface area contributed by atoms with Crippen molar-refractivity contribution in [1.82, 2.24) is 4.90 Å². The molecule has 1 N–H and O–H groups in total. The van der Waals surface area contributed by atoms with Crippen molar-refractivity contribution in [2.24, 2.45) is 0 Å². The minimum Gasteiger partial charge on any atom is -0.480 e. The number of carboxylic acid groups (broad SMARTS) is 1. The fraction of sp³-hybridized carbons (Fsp3) is 0.500. The Labute approximate surface area is 128 Å². The Balaban J connectivity index is 1.89. The number of hydrogen-bond acceptors (Lipinski definition) is 3. The first-order valence-electron chi connectivity index (χ1n) is 7.34. The van der Waals surface area contributed by atoms with E-state index >= 15 is 0 Å². The van der Waals surface area contributed by atoms with Gasteiger partial charge in [0.25, 0.3) is 0 Å². The van der Waals surface area contributed by atoms with E-state index in [-0.39, 0.29) is 17.2 Å². The third-order valence-electron chi connectivity index (χ3n) is 4.19. The van der Waals surface area contributed by atoms with Gasteiger partial charge in [0.15, 0.2) is 0 Å². The number of hydrogen-bond donors (Lipinski definition) is 1. The van der Waals surface area contributed by atoms with E-state index in [4.69, 9.17) is 0 Å². The molecular formula is C16H19NO3S. The highest BCUT2D eigenvalue weighted by Gasteiger charge is 2.42. The number of carboxylic acids is 1. The molecule has 0 aromatic heterocycles. The van der Waals surface area contributed by atoms with Crippen molar-refractivity contribution < 1.29 is 14.7 Å². The van der Waals surface area contributed by atoms with Crippen LogP contribution in [-0.4, -0.2) is 39.7 Å². The first kappa shape index (κ1) is 14.4. The monoisotopic (exact) mass is 305 g/mol. The summed E-state index contributed by atoms with van der Waals surface area (Å²) in [5.41, 5.74) is 2.27. The number of benzene rings is 1. The molecule has 1 amide bonds. The average molecular weight is 305 g/mol. The van der Waals surface area contributed by atoms with Gasteiger partial charge in [0.05, 0.1) is 0 Å². The van der Waals surface area contributed by atoms with Gasteiger partial charge >= 0.3 is 5.97 Å². The highest BCUT2D eigenvalue weighted by Crippen LogP contribution is 2.41. The molecule has 2 aliphatic rings. The van der Waals surface area contributed by atoms with E-state index in [0.29, 0.717) is 0 Å². The number of nitrogens with zero attached hydrogens (tertiary/aromatic N) is 1. The first-order valence-corrected chi connectivity index (χ1v) is 8.39. The summed E-state index contributed by atoms with van der Waals surface area (Å²) in [4.78, 5) is 25.8. The Morgan fingerprint density at radius 3 is 2.71 bits per heavy atom. The van der Waals surface area contributed by atoms with Crippen LogP contribution in [0.15, 0.2) is 24.3 Å². The maximum absolute atomic E-state index is 12.9. The van der Waals surface area contributed by atoms with E-state index in [1.54, 1.807) is 23.6 Å². The molecule has 1 fully saturated rings. The summed E-state index contributed by atoms with van der Waals surface area (Å²) in [5, 5.41) is 9.02. The third kappa shape index (κ3) is 2.79. The van der Waals surface area contributed by atoms with Crippen molar-refractivity contribution >= 4 is 23.6 Å². The van der Waals surface area contributed by atoms with Crippen molar-refractivity contribution in [1.29, 1.82) is 0 Å². The number of thioether (sulfide) groups is 1. The van der Waals surface area contributed by atoms with Crippen LogP contribution in [0.3, 0.4) is 0 Å². The van der Waals surface area contributed by atoms with Gasteiger partial charge in [0.1, 0.15) is 11.3 Å². The van der Waals surface area contributed by atoms with E-state index < -0.39 is 12.0 Å². The molecule has 1 aromatic rings. The van der Waals surface area contributed by atoms with Crippen LogP contribution in [0.5, 0.6) is 0 Å². The molecule has 1 aromatic carbocycles. The molecular weight excluding hydrogens is 286 g/mol. The van der Waals surface area contributed by atoms with E-state index in [1.165, 1.54) is 5.56 Å². The lowest BCUT2D eigenvalue weighted by Crippen LogP contribution is -2.46. The molecule has 0 saturated heterocycles. The second kappa shape index (κ2) is 5.72. The molecule has 0 radical (unpaired) electrons. The van der Waals surface area contributed by atoms with E-state index in [9.17, 15) is 14.7 Å². The van der Waals surface area contributed by atoms with Crippen molar-refractivity contribution in [3.63, 3.8) is 0 Å². The molecule has 4 nitrogen and oxygen atoms in total. The van der Waals surface area contributed by atoms with Crippen LogP contribution in [0.25, 0.3) is 0 Å². The summed E-state index contributed by atoms with van der Waals surface area (Å²) in [6, 6.07) is 7.37. The van der Waals surface area contributed by atoms with Crippen molar-refractivity contribution in [2.45, 2.75) is 43.5 Å². The average Bonchev–Trinajstić information content (AvgIpc) is 3.31. The number of carbonyl (C=O) groups excluding carboxylic acids is 1. The molecule has 0 bridgehead atoms. The fourth-order valence-electron chi connectivity index (χ4n) is 2.89. The van der Waals surface area contributed by atoms with Gasteiger partial charge in [-0.3, -0.25) is 4.79 Å². The van der Waals surface area contributed by atoms with Gasteiger partial charge in [-0.05, 0) is 43.1 Å². The SMILES string of the molecule is CC(C(=O)O)N(C(=O)C1SCCc2ccccc21)C1CC1. The summed E-state index contributed by atoms with van der Waals surface area (Å²) in [5.74, 6) is -0.0539. The quantitative estimate of drug-likeness (QED) is 0.928. The molecule has 3 rings (SSSR count). The number of fused-ring (bicyclic) bond motifs is 1. The van der Waals surface area contributed by atoms with Crippen molar-refractivity contribution in [3.8, 4) is 0 Å². The van der Waals surface area contributed by atoms with Gasteiger partial charge in [0, 0.05) is 6.04 Å². The topological polar surface area (TPSA) is 57.6 Å². The molecule has 1 aliphatic heterocycles. The number of rotatable bonds is 4. The van der Waals surface area contributed by atoms with Gasteiger partial charge < -0.3 is 10.0 Å². The van der Waals surface area contributed by atoms with Gasteiger partial charge in [-0.25, -0.2) is 4.79 Å². The maximum Gasteiger partial charge on any atom is 0.326 e. The summed E-state index contributed by atoms with van der Waals surface area (Å²) >= 11 is 1.63. The van der Waals surface area contributed by atoms with Crippen LogP contribution in [0.4, 0.5) is 0 Å². The summed E-state index contributed by atoms with van der Waals surface area (Å²) in [6.45, 7) is 1.61. The second-order valence-corrected chi connectivity index (χ2v) is 6.90. The summed E-state index contributed by atoms with van der Waals surface area (Å²) < 4.78 is 0. The largest absolute Gasteiger partial charge is 0.480 e. The van der Waals surface area contributed by atoms with E-state index in [0.717, 1.165) is 30.6 Å². The first-order chi connectivity index (χ1) is 10.1. The number of aliphatic carboxylic acids is 1. The molecule has 112 valence electrons. The lowest BCUT2D eigenvalue weighted by Gasteiger charge is -2.32. The molecule has 0 spiro atoms. The molecule has 1 saturated carbocycles. The zero-order valence-corrected chi connectivity index (χ0v) is 12.8. The number of amides is 1.